The highest BCUT2D eigenvalue weighted by Gasteiger charge is 2.30. The zero-order valence-electron chi connectivity index (χ0n) is 19.3. The molecule has 4 rings (SSSR count). The van der Waals surface area contributed by atoms with Gasteiger partial charge < -0.3 is 16.0 Å². The van der Waals surface area contributed by atoms with E-state index in [0.717, 1.165) is 47.1 Å². The molecule has 178 valence electrons. The first-order valence-corrected chi connectivity index (χ1v) is 13.1. The van der Waals surface area contributed by atoms with Crippen molar-refractivity contribution < 1.29 is 4.79 Å². The van der Waals surface area contributed by atoms with Gasteiger partial charge >= 0.3 is 0 Å². The van der Waals surface area contributed by atoms with E-state index < -0.39 is 0 Å². The number of anilines is 2. The molecule has 0 bridgehead atoms. The van der Waals surface area contributed by atoms with Crippen LogP contribution in [-0.2, 0) is 11.2 Å². The molecule has 2 fully saturated rings. The zero-order valence-corrected chi connectivity index (χ0v) is 20.9. The highest BCUT2D eigenvalue weighted by Crippen LogP contribution is 2.38. The summed E-state index contributed by atoms with van der Waals surface area (Å²) >= 11 is 3.09. The van der Waals surface area contributed by atoms with Gasteiger partial charge in [0.1, 0.15) is 5.01 Å². The predicted molar refractivity (Wildman–Crippen MR) is 137 cm³/mol. The van der Waals surface area contributed by atoms with Crippen LogP contribution in [0, 0.1) is 0 Å². The summed E-state index contributed by atoms with van der Waals surface area (Å²) in [7, 11) is 3.78. The topological polar surface area (TPSA) is 94.2 Å². The van der Waals surface area contributed by atoms with Crippen molar-refractivity contribution in [3.8, 4) is 0 Å². The van der Waals surface area contributed by atoms with Crippen molar-refractivity contribution in [3.05, 3.63) is 46.4 Å². The van der Waals surface area contributed by atoms with Crippen LogP contribution in [0.1, 0.15) is 55.0 Å². The quantitative estimate of drug-likeness (QED) is 0.278. The van der Waals surface area contributed by atoms with Crippen molar-refractivity contribution >= 4 is 40.0 Å². The molecule has 4 N–H and O–H groups in total. The minimum atomic E-state index is -0.0536. The zero-order chi connectivity index (χ0) is 23.2. The molecule has 0 aliphatic heterocycles. The van der Waals surface area contributed by atoms with Gasteiger partial charge in [-0.15, -0.1) is 10.2 Å². The summed E-state index contributed by atoms with van der Waals surface area (Å²) < 4.78 is 2.11. The Bertz CT molecular complexity index is 962. The van der Waals surface area contributed by atoms with Crippen LogP contribution in [0.15, 0.2) is 35.9 Å². The monoisotopic (exact) mass is 487 g/mol. The van der Waals surface area contributed by atoms with E-state index >= 15 is 0 Å². The molecule has 1 unspecified atom stereocenters. The lowest BCUT2D eigenvalue weighted by atomic mass is 9.86. The fourth-order valence-electron chi connectivity index (χ4n) is 4.17. The lowest BCUT2D eigenvalue weighted by Crippen LogP contribution is -2.42. The standard InChI is InChI=1S/C23H33N7OS2/c1-15(26-21(31)13-16-6-4-8-19(12-16)27-18-10-11-18)33-30(25-3)20-9-5-7-17(14-20)22-28-29-23(24-2)32-22/h4,6,8,12,17-18,20,25,27H,1,5,7,9-11,13-14H2,2-3H3,(H,24,29)(H,26,31)/t17?,20-/m0/s1. The number of amides is 1. The number of benzene rings is 1. The van der Waals surface area contributed by atoms with Gasteiger partial charge in [0, 0.05) is 30.7 Å². The lowest BCUT2D eigenvalue weighted by molar-refractivity contribution is -0.119. The second-order valence-electron chi connectivity index (χ2n) is 8.62. The molecule has 2 aliphatic carbocycles. The molecule has 1 heterocycles. The number of carbonyl (C=O) groups excluding carboxylic acids is 1. The highest BCUT2D eigenvalue weighted by molar-refractivity contribution is 8.00. The summed E-state index contributed by atoms with van der Waals surface area (Å²) in [5, 5.41) is 20.7. The van der Waals surface area contributed by atoms with Crippen LogP contribution in [-0.4, -0.2) is 46.7 Å². The van der Waals surface area contributed by atoms with E-state index in [4.69, 9.17) is 0 Å². The Balaban J connectivity index is 1.27. The maximum absolute atomic E-state index is 12.6. The minimum absolute atomic E-state index is 0.0536. The molecule has 10 heteroatoms. The molecule has 8 nitrogen and oxygen atoms in total. The lowest BCUT2D eigenvalue weighted by Gasteiger charge is -2.35. The SMILES string of the molecule is C=C(NC(=O)Cc1cccc(NC2CC2)c1)SN(NC)[C@H]1CCCC(c2nnc(NC)s2)C1. The van der Waals surface area contributed by atoms with Crippen molar-refractivity contribution in [1.29, 1.82) is 0 Å². The Morgan fingerprint density at radius 2 is 2.09 bits per heavy atom. The fourth-order valence-corrected chi connectivity index (χ4v) is 5.84. The summed E-state index contributed by atoms with van der Waals surface area (Å²) in [4.78, 5) is 12.6. The van der Waals surface area contributed by atoms with Crippen LogP contribution in [0.4, 0.5) is 10.8 Å². The molecular weight excluding hydrogens is 454 g/mol. The molecule has 0 spiro atoms. The van der Waals surface area contributed by atoms with Crippen molar-refractivity contribution in [2.45, 2.75) is 62.9 Å². The van der Waals surface area contributed by atoms with Crippen molar-refractivity contribution in [2.75, 3.05) is 24.7 Å². The van der Waals surface area contributed by atoms with Crippen LogP contribution in [0.5, 0.6) is 0 Å². The first kappa shape index (κ1) is 24.0. The fraction of sp³-hybridized carbons (Fsp3) is 0.522. The van der Waals surface area contributed by atoms with E-state index in [9.17, 15) is 4.79 Å². The second kappa shape index (κ2) is 11.3. The number of hydrogen-bond donors (Lipinski definition) is 4. The maximum atomic E-state index is 12.6. The largest absolute Gasteiger partial charge is 0.382 e. The molecule has 1 aromatic heterocycles. The number of aromatic nitrogens is 2. The van der Waals surface area contributed by atoms with E-state index in [-0.39, 0.29) is 5.91 Å². The van der Waals surface area contributed by atoms with Crippen LogP contribution in [0.2, 0.25) is 0 Å². The average molecular weight is 488 g/mol. The third kappa shape index (κ3) is 6.92. The highest BCUT2D eigenvalue weighted by atomic mass is 32.2. The molecule has 1 amide bonds. The molecular formula is C23H33N7OS2. The van der Waals surface area contributed by atoms with Gasteiger partial charge in [-0.05, 0) is 68.8 Å². The molecule has 2 saturated carbocycles. The molecule has 2 aliphatic rings. The van der Waals surface area contributed by atoms with Gasteiger partial charge in [-0.25, -0.2) is 5.43 Å². The van der Waals surface area contributed by atoms with E-state index in [1.165, 1.54) is 24.8 Å². The Labute approximate surface area is 204 Å². The number of rotatable bonds is 11. The average Bonchev–Trinajstić information content (AvgIpc) is 3.49. The van der Waals surface area contributed by atoms with Gasteiger partial charge in [-0.3, -0.25) is 4.79 Å². The van der Waals surface area contributed by atoms with Crippen LogP contribution in [0.3, 0.4) is 0 Å². The van der Waals surface area contributed by atoms with E-state index in [2.05, 4.69) is 54.7 Å². The molecule has 0 saturated heterocycles. The second-order valence-corrected chi connectivity index (χ2v) is 10.7. The van der Waals surface area contributed by atoms with Crippen LogP contribution in [0.25, 0.3) is 0 Å². The normalized spacial score (nSPS) is 20.5. The molecule has 33 heavy (non-hydrogen) atoms. The van der Waals surface area contributed by atoms with Gasteiger partial charge in [0.25, 0.3) is 0 Å². The van der Waals surface area contributed by atoms with E-state index in [1.807, 2.05) is 26.2 Å². The smallest absolute Gasteiger partial charge is 0.229 e. The number of nitrogens with one attached hydrogen (secondary N) is 4. The maximum Gasteiger partial charge on any atom is 0.229 e. The van der Waals surface area contributed by atoms with Gasteiger partial charge in [0.2, 0.25) is 11.0 Å². The molecule has 2 atom stereocenters. The number of carbonyl (C=O) groups is 1. The third-order valence-electron chi connectivity index (χ3n) is 5.93. The third-order valence-corrected chi connectivity index (χ3v) is 8.03. The summed E-state index contributed by atoms with van der Waals surface area (Å²) in [6.45, 7) is 4.08. The Morgan fingerprint density at radius 3 is 2.82 bits per heavy atom. The number of nitrogens with zero attached hydrogens (tertiary/aromatic N) is 3. The Hall–Kier alpha value is -2.14. The van der Waals surface area contributed by atoms with Gasteiger partial charge in [-0.1, -0.05) is 36.5 Å². The minimum Gasteiger partial charge on any atom is -0.382 e. The Morgan fingerprint density at radius 1 is 1.24 bits per heavy atom. The molecule has 1 aromatic carbocycles. The molecule has 0 radical (unpaired) electrons. The number of hydrazine groups is 1. The first-order valence-electron chi connectivity index (χ1n) is 11.5. The Kier molecular flexibility index (Phi) is 8.24. The summed E-state index contributed by atoms with van der Waals surface area (Å²) in [6.07, 6.45) is 7.12. The first-order chi connectivity index (χ1) is 16.0. The van der Waals surface area contributed by atoms with Crippen LogP contribution < -0.4 is 21.4 Å². The summed E-state index contributed by atoms with van der Waals surface area (Å²) in [6, 6.07) is 9.01. The van der Waals surface area contributed by atoms with Crippen molar-refractivity contribution in [1.82, 2.24) is 25.4 Å². The van der Waals surface area contributed by atoms with Gasteiger partial charge in [0.05, 0.1) is 11.4 Å². The van der Waals surface area contributed by atoms with Gasteiger partial charge in [-0.2, -0.15) is 4.41 Å². The van der Waals surface area contributed by atoms with E-state index in [0.29, 0.717) is 29.5 Å². The number of hydrogen-bond acceptors (Lipinski definition) is 9. The van der Waals surface area contributed by atoms with Gasteiger partial charge in [0.15, 0.2) is 0 Å². The molecule has 2 aromatic rings. The van der Waals surface area contributed by atoms with Crippen molar-refractivity contribution in [3.63, 3.8) is 0 Å². The predicted octanol–water partition coefficient (Wildman–Crippen LogP) is 4.10. The van der Waals surface area contributed by atoms with E-state index in [1.54, 1.807) is 11.3 Å². The van der Waals surface area contributed by atoms with Crippen molar-refractivity contribution in [2.24, 2.45) is 0 Å². The summed E-state index contributed by atoms with van der Waals surface area (Å²) in [5.41, 5.74) is 5.36. The summed E-state index contributed by atoms with van der Waals surface area (Å²) in [5.74, 6) is 0.348. The van der Waals surface area contributed by atoms with Crippen LogP contribution >= 0.6 is 23.3 Å².